The summed E-state index contributed by atoms with van der Waals surface area (Å²) in [4.78, 5) is 0. The Morgan fingerprint density at radius 1 is 1.00 bits per heavy atom. The van der Waals surface area contributed by atoms with Gasteiger partial charge in [0.1, 0.15) is 0 Å². The van der Waals surface area contributed by atoms with E-state index >= 15 is 0 Å². The Labute approximate surface area is 84.1 Å². The lowest BCUT2D eigenvalue weighted by Crippen LogP contribution is -2.18. The Bertz CT molecular complexity index is 176. The minimum Gasteiger partial charge on any atom is -0.0648 e. The van der Waals surface area contributed by atoms with E-state index in [1.807, 2.05) is 0 Å². The third kappa shape index (κ3) is 1.04. The Balaban J connectivity index is 2.93. The fraction of sp³-hybridized carbons (Fsp3) is 1.00. The molecule has 0 aromatic rings. The lowest BCUT2D eigenvalue weighted by molar-refractivity contribution is 0.228. The smallest absolute Gasteiger partial charge is 0.0187 e. The first-order valence-corrected chi connectivity index (χ1v) is 6.03. The summed E-state index contributed by atoms with van der Waals surface area (Å²) >= 11 is 0. The van der Waals surface area contributed by atoms with Gasteiger partial charge in [0.25, 0.3) is 0 Å². The molecular weight excluding hydrogens is 156 g/mol. The van der Waals surface area contributed by atoms with Crippen LogP contribution in [0.5, 0.6) is 0 Å². The van der Waals surface area contributed by atoms with Crippen LogP contribution < -0.4 is 0 Å². The number of hydrogen-bond acceptors (Lipinski definition) is 0. The van der Waals surface area contributed by atoms with Crippen molar-refractivity contribution in [1.29, 1.82) is 0 Å². The van der Waals surface area contributed by atoms with Crippen LogP contribution in [-0.2, 0) is 0 Å². The largest absolute Gasteiger partial charge is 0.0648 e. The van der Waals surface area contributed by atoms with Crippen molar-refractivity contribution in [2.75, 3.05) is 0 Å². The third-order valence-corrected chi connectivity index (χ3v) is 5.32. The Morgan fingerprint density at radius 2 is 1.46 bits per heavy atom. The zero-order valence-corrected chi connectivity index (χ0v) is 10.3. The topological polar surface area (TPSA) is 0 Å². The summed E-state index contributed by atoms with van der Waals surface area (Å²) in [5.74, 6) is 1.80. The van der Waals surface area contributed by atoms with E-state index in [-0.39, 0.29) is 0 Å². The van der Waals surface area contributed by atoms with Crippen molar-refractivity contribution in [1.82, 2.24) is 0 Å². The van der Waals surface area contributed by atoms with Crippen molar-refractivity contribution >= 4 is 0 Å². The van der Waals surface area contributed by atoms with Gasteiger partial charge in [-0.1, -0.05) is 41.5 Å². The van der Waals surface area contributed by atoms with Crippen LogP contribution in [0.1, 0.15) is 60.8 Å². The molecule has 0 spiro atoms. The number of hydrogen-bond donors (Lipinski definition) is 0. The van der Waals surface area contributed by atoms with E-state index in [1.54, 1.807) is 0 Å². The first-order chi connectivity index (χ1) is 6.03. The molecular formula is C13H26. The molecule has 2 unspecified atom stereocenters. The molecule has 0 aliphatic heterocycles. The van der Waals surface area contributed by atoms with Gasteiger partial charge in [-0.15, -0.1) is 0 Å². The lowest BCUT2D eigenvalue weighted by Gasteiger charge is -2.26. The summed E-state index contributed by atoms with van der Waals surface area (Å²) in [5.41, 5.74) is 1.34. The molecule has 0 radical (unpaired) electrons. The molecule has 1 aliphatic carbocycles. The predicted molar refractivity (Wildman–Crippen MR) is 59.7 cm³/mol. The highest BCUT2D eigenvalue weighted by atomic mass is 14.7. The monoisotopic (exact) mass is 182 g/mol. The van der Waals surface area contributed by atoms with Crippen LogP contribution in [0.4, 0.5) is 0 Å². The van der Waals surface area contributed by atoms with Crippen molar-refractivity contribution in [2.24, 2.45) is 22.7 Å². The average Bonchev–Trinajstić information content (AvgIpc) is 2.66. The standard InChI is InChI=1S/C13H26/c1-7-12(8-2)11(6)13(12,9-3)10(4)5/h10-11H,7-9H2,1-6H3. The van der Waals surface area contributed by atoms with Crippen molar-refractivity contribution in [3.63, 3.8) is 0 Å². The predicted octanol–water partition coefficient (Wildman–Crippen LogP) is 4.49. The second-order valence-corrected chi connectivity index (χ2v) is 5.13. The molecule has 0 N–H and O–H groups in total. The minimum atomic E-state index is 0.663. The van der Waals surface area contributed by atoms with E-state index < -0.39 is 0 Å². The summed E-state index contributed by atoms with van der Waals surface area (Å²) in [7, 11) is 0. The molecule has 1 aliphatic rings. The quantitative estimate of drug-likeness (QED) is 0.600. The normalized spacial score (nSPS) is 36.7. The van der Waals surface area contributed by atoms with E-state index in [9.17, 15) is 0 Å². The highest BCUT2D eigenvalue weighted by molar-refractivity contribution is 5.18. The van der Waals surface area contributed by atoms with Crippen LogP contribution >= 0.6 is 0 Å². The molecule has 0 amide bonds. The zero-order valence-electron chi connectivity index (χ0n) is 10.3. The van der Waals surface area contributed by atoms with E-state index in [0.717, 1.165) is 11.8 Å². The minimum absolute atomic E-state index is 0.663. The molecule has 0 heterocycles. The molecule has 0 aromatic carbocycles. The molecule has 78 valence electrons. The van der Waals surface area contributed by atoms with Crippen LogP contribution in [-0.4, -0.2) is 0 Å². The van der Waals surface area contributed by atoms with Crippen LogP contribution in [0, 0.1) is 22.7 Å². The van der Waals surface area contributed by atoms with Gasteiger partial charge in [-0.2, -0.15) is 0 Å². The van der Waals surface area contributed by atoms with Gasteiger partial charge < -0.3 is 0 Å². The fourth-order valence-electron chi connectivity index (χ4n) is 4.59. The fourth-order valence-corrected chi connectivity index (χ4v) is 4.59. The third-order valence-electron chi connectivity index (χ3n) is 5.32. The molecule has 2 atom stereocenters. The molecule has 1 fully saturated rings. The maximum atomic E-state index is 2.47. The van der Waals surface area contributed by atoms with Crippen molar-refractivity contribution < 1.29 is 0 Å². The summed E-state index contributed by atoms with van der Waals surface area (Å²) in [6, 6.07) is 0. The van der Waals surface area contributed by atoms with Gasteiger partial charge in [0.2, 0.25) is 0 Å². The molecule has 1 rings (SSSR count). The second-order valence-electron chi connectivity index (χ2n) is 5.13. The van der Waals surface area contributed by atoms with Gasteiger partial charge in [0.15, 0.2) is 0 Å². The van der Waals surface area contributed by atoms with Crippen molar-refractivity contribution in [3.05, 3.63) is 0 Å². The van der Waals surface area contributed by atoms with Crippen LogP contribution in [0.2, 0.25) is 0 Å². The Hall–Kier alpha value is 0. The van der Waals surface area contributed by atoms with Crippen molar-refractivity contribution in [2.45, 2.75) is 60.8 Å². The van der Waals surface area contributed by atoms with Gasteiger partial charge in [0.05, 0.1) is 0 Å². The highest BCUT2D eigenvalue weighted by Crippen LogP contribution is 2.77. The zero-order chi connectivity index (χ0) is 10.3. The average molecular weight is 182 g/mol. The summed E-state index contributed by atoms with van der Waals surface area (Å²) in [6.45, 7) is 14.4. The molecule has 0 heteroatoms. The van der Waals surface area contributed by atoms with Crippen molar-refractivity contribution in [3.8, 4) is 0 Å². The van der Waals surface area contributed by atoms with Gasteiger partial charge in [0, 0.05) is 0 Å². The van der Waals surface area contributed by atoms with Crippen LogP contribution in [0.15, 0.2) is 0 Å². The maximum absolute atomic E-state index is 2.47. The Kier molecular flexibility index (Phi) is 2.81. The van der Waals surface area contributed by atoms with E-state index in [2.05, 4.69) is 41.5 Å². The second kappa shape index (κ2) is 3.29. The van der Waals surface area contributed by atoms with E-state index in [4.69, 9.17) is 0 Å². The maximum Gasteiger partial charge on any atom is -0.0187 e. The van der Waals surface area contributed by atoms with E-state index in [1.165, 1.54) is 19.3 Å². The van der Waals surface area contributed by atoms with Crippen LogP contribution in [0.25, 0.3) is 0 Å². The Morgan fingerprint density at radius 3 is 1.54 bits per heavy atom. The van der Waals surface area contributed by atoms with Gasteiger partial charge >= 0.3 is 0 Å². The first kappa shape index (κ1) is 11.1. The number of rotatable bonds is 4. The highest BCUT2D eigenvalue weighted by Gasteiger charge is 2.71. The van der Waals surface area contributed by atoms with Crippen LogP contribution in [0.3, 0.4) is 0 Å². The van der Waals surface area contributed by atoms with Gasteiger partial charge in [-0.3, -0.25) is 0 Å². The van der Waals surface area contributed by atoms with E-state index in [0.29, 0.717) is 10.8 Å². The molecule has 0 nitrogen and oxygen atoms in total. The molecule has 0 bridgehead atoms. The SMILES string of the molecule is CCC1(CC)C(C)C1(CC)C(C)C. The van der Waals surface area contributed by atoms with Gasteiger partial charge in [-0.25, -0.2) is 0 Å². The molecule has 1 saturated carbocycles. The summed E-state index contributed by atoms with van der Waals surface area (Å²) in [6.07, 6.45) is 4.11. The molecule has 0 saturated heterocycles. The molecule has 13 heavy (non-hydrogen) atoms. The summed E-state index contributed by atoms with van der Waals surface area (Å²) in [5, 5.41) is 0. The van der Waals surface area contributed by atoms with Gasteiger partial charge in [-0.05, 0) is 41.9 Å². The lowest BCUT2D eigenvalue weighted by atomic mass is 9.78. The summed E-state index contributed by atoms with van der Waals surface area (Å²) < 4.78 is 0. The molecule has 0 aromatic heterocycles. The first-order valence-electron chi connectivity index (χ1n) is 6.03.